The van der Waals surface area contributed by atoms with Gasteiger partial charge in [-0.2, -0.15) is 0 Å². The Hall–Kier alpha value is -0.805. The smallest absolute Gasteiger partial charge is 0.186 e. The molecule has 1 unspecified atom stereocenters. The van der Waals surface area contributed by atoms with E-state index in [1.54, 1.807) is 0 Å². The number of rotatable bonds is 2. The van der Waals surface area contributed by atoms with Crippen LogP contribution in [0.3, 0.4) is 0 Å². The molecule has 0 aromatic carbocycles. The molecule has 1 saturated heterocycles. The zero-order chi connectivity index (χ0) is 13.6. The predicted molar refractivity (Wildman–Crippen MR) is 84.9 cm³/mol. The van der Waals surface area contributed by atoms with Gasteiger partial charge < -0.3 is 9.38 Å². The molecule has 1 aliphatic heterocycles. The topological polar surface area (TPSA) is 21.1 Å². The van der Waals surface area contributed by atoms with Gasteiger partial charge in [0.05, 0.1) is 11.7 Å². The van der Waals surface area contributed by atoms with Crippen LogP contribution in [0.25, 0.3) is 10.9 Å². The number of pyridine rings is 1. The second-order valence-corrected chi connectivity index (χ2v) is 7.11. The number of fused-ring (bicyclic) bond motifs is 1. The molecule has 0 radical (unpaired) electrons. The fourth-order valence-electron chi connectivity index (χ4n) is 3.18. The van der Waals surface area contributed by atoms with Gasteiger partial charge in [0.25, 0.3) is 0 Å². The molecule has 0 amide bonds. The number of aromatic nitrogens is 2. The molecule has 5 heteroatoms. The Morgan fingerprint density at radius 2 is 2.32 bits per heavy atom. The van der Waals surface area contributed by atoms with Crippen LogP contribution in [0.4, 0.5) is 0 Å². The molecule has 100 valence electrons. The Balaban J connectivity index is 1.83. The van der Waals surface area contributed by atoms with Gasteiger partial charge >= 0.3 is 0 Å². The lowest BCUT2D eigenvalue weighted by molar-refractivity contribution is 0.306. The van der Waals surface area contributed by atoms with Crippen molar-refractivity contribution in [3.8, 4) is 0 Å². The van der Waals surface area contributed by atoms with Gasteiger partial charge in [-0.25, -0.2) is 4.98 Å². The molecule has 0 spiro atoms. The fraction of sp³-hybridized carbons (Fsp3) is 0.500. The maximum Gasteiger partial charge on any atom is 0.186 e. The summed E-state index contributed by atoms with van der Waals surface area (Å²) in [4.78, 5) is 6.81. The molecule has 0 saturated carbocycles. The summed E-state index contributed by atoms with van der Waals surface area (Å²) in [7, 11) is 2.23. The standard InChI is InChI=1S/C14H19BBrN3/c1-14(2)6-10(9-19(14)15)8-18-4-3-11-5-13(16)17-7-12(11)18/h3-5,7,10H,6,8-9,15H2,1-2H3. The maximum atomic E-state index is 4.34. The van der Waals surface area contributed by atoms with Crippen molar-refractivity contribution in [3.05, 3.63) is 29.1 Å². The molecule has 2 aromatic heterocycles. The average Bonchev–Trinajstić information content (AvgIpc) is 2.81. The zero-order valence-electron chi connectivity index (χ0n) is 11.7. The first-order valence-corrected chi connectivity index (χ1v) is 7.57. The van der Waals surface area contributed by atoms with E-state index in [1.165, 1.54) is 23.9 Å². The minimum atomic E-state index is 0.328. The molecule has 0 bridgehead atoms. The molecule has 3 rings (SSSR count). The molecule has 1 aliphatic rings. The van der Waals surface area contributed by atoms with E-state index in [1.807, 2.05) is 6.20 Å². The van der Waals surface area contributed by atoms with Crippen LogP contribution in [-0.2, 0) is 6.54 Å². The van der Waals surface area contributed by atoms with Crippen LogP contribution in [-0.4, -0.2) is 34.4 Å². The lowest BCUT2D eigenvalue weighted by Crippen LogP contribution is -2.35. The predicted octanol–water partition coefficient (Wildman–Crippen LogP) is 2.45. The highest BCUT2D eigenvalue weighted by Gasteiger charge is 2.35. The first kappa shape index (κ1) is 13.2. The fourth-order valence-corrected chi connectivity index (χ4v) is 3.53. The molecule has 3 nitrogen and oxygen atoms in total. The second kappa shape index (κ2) is 4.63. The van der Waals surface area contributed by atoms with Gasteiger partial charge in [0.1, 0.15) is 4.60 Å². The Morgan fingerprint density at radius 3 is 3.00 bits per heavy atom. The first-order valence-electron chi connectivity index (χ1n) is 6.77. The number of hydrogen-bond acceptors (Lipinski definition) is 2. The summed E-state index contributed by atoms with van der Waals surface area (Å²) in [6.45, 7) is 6.93. The van der Waals surface area contributed by atoms with Crippen LogP contribution in [0.2, 0.25) is 0 Å². The van der Waals surface area contributed by atoms with Gasteiger partial charge in [-0.1, -0.05) is 0 Å². The summed E-state index contributed by atoms with van der Waals surface area (Å²) >= 11 is 3.43. The minimum Gasteiger partial charge on any atom is -0.346 e. The Bertz CT molecular complexity index is 608. The van der Waals surface area contributed by atoms with E-state index >= 15 is 0 Å². The van der Waals surface area contributed by atoms with Gasteiger partial charge in [0, 0.05) is 23.7 Å². The van der Waals surface area contributed by atoms with Gasteiger partial charge in [0.2, 0.25) is 0 Å². The molecule has 0 N–H and O–H groups in total. The Kier molecular flexibility index (Phi) is 3.22. The molecule has 1 fully saturated rings. The first-order chi connectivity index (χ1) is 8.95. The minimum absolute atomic E-state index is 0.328. The van der Waals surface area contributed by atoms with Crippen LogP contribution in [0.5, 0.6) is 0 Å². The normalized spacial score (nSPS) is 23.2. The van der Waals surface area contributed by atoms with E-state index in [4.69, 9.17) is 0 Å². The van der Waals surface area contributed by atoms with Crippen LogP contribution in [0.15, 0.2) is 29.1 Å². The molecule has 1 atom stereocenters. The third kappa shape index (κ3) is 2.46. The van der Waals surface area contributed by atoms with Crippen LogP contribution >= 0.6 is 15.9 Å². The highest BCUT2D eigenvalue weighted by atomic mass is 79.9. The summed E-state index contributed by atoms with van der Waals surface area (Å²) in [5.41, 5.74) is 1.56. The third-order valence-corrected chi connectivity index (χ3v) is 4.87. The summed E-state index contributed by atoms with van der Waals surface area (Å²) in [6.07, 6.45) is 5.40. The van der Waals surface area contributed by atoms with E-state index < -0.39 is 0 Å². The SMILES string of the molecule is BN1CC(Cn2ccc3cc(Br)ncc32)CC1(C)C. The highest BCUT2D eigenvalue weighted by Crippen LogP contribution is 2.32. The van der Waals surface area contributed by atoms with Gasteiger partial charge in [-0.3, -0.25) is 0 Å². The Labute approximate surface area is 123 Å². The third-order valence-electron chi connectivity index (χ3n) is 4.43. The lowest BCUT2D eigenvalue weighted by Gasteiger charge is -2.27. The van der Waals surface area contributed by atoms with Gasteiger partial charge in [0.15, 0.2) is 7.98 Å². The zero-order valence-corrected chi connectivity index (χ0v) is 13.3. The van der Waals surface area contributed by atoms with E-state index in [0.29, 0.717) is 5.54 Å². The second-order valence-electron chi connectivity index (χ2n) is 6.30. The van der Waals surface area contributed by atoms with Gasteiger partial charge in [-0.05, 0) is 60.8 Å². The van der Waals surface area contributed by atoms with Crippen LogP contribution < -0.4 is 0 Å². The maximum absolute atomic E-state index is 4.34. The van der Waals surface area contributed by atoms with Crippen LogP contribution in [0, 0.1) is 5.92 Å². The van der Waals surface area contributed by atoms with Crippen molar-refractivity contribution < 1.29 is 0 Å². The number of hydrogen-bond donors (Lipinski definition) is 0. The van der Waals surface area contributed by atoms with Crippen molar-refractivity contribution in [3.63, 3.8) is 0 Å². The number of nitrogens with zero attached hydrogens (tertiary/aromatic N) is 3. The van der Waals surface area contributed by atoms with E-state index in [0.717, 1.165) is 17.1 Å². The average molecular weight is 320 g/mol. The van der Waals surface area contributed by atoms with Crippen molar-refractivity contribution in [1.29, 1.82) is 0 Å². The molecule has 0 aliphatic carbocycles. The van der Waals surface area contributed by atoms with Gasteiger partial charge in [-0.15, -0.1) is 0 Å². The highest BCUT2D eigenvalue weighted by molar-refractivity contribution is 9.10. The molecular formula is C14H19BBrN3. The van der Waals surface area contributed by atoms with Crippen molar-refractivity contribution in [2.24, 2.45) is 5.92 Å². The van der Waals surface area contributed by atoms with E-state index in [2.05, 4.69) is 70.5 Å². The largest absolute Gasteiger partial charge is 0.346 e. The summed E-state index contributed by atoms with van der Waals surface area (Å²) in [5.74, 6) is 0.722. The van der Waals surface area contributed by atoms with Crippen molar-refractivity contribution in [1.82, 2.24) is 14.4 Å². The molecular weight excluding hydrogens is 301 g/mol. The van der Waals surface area contributed by atoms with Crippen molar-refractivity contribution >= 4 is 34.8 Å². The van der Waals surface area contributed by atoms with Crippen LogP contribution in [0.1, 0.15) is 20.3 Å². The molecule has 2 aromatic rings. The number of halogens is 1. The molecule has 3 heterocycles. The van der Waals surface area contributed by atoms with E-state index in [-0.39, 0.29) is 0 Å². The summed E-state index contributed by atoms with van der Waals surface area (Å²) in [5, 5.41) is 1.26. The summed E-state index contributed by atoms with van der Waals surface area (Å²) in [6, 6.07) is 4.25. The lowest BCUT2D eigenvalue weighted by atomic mass is 9.95. The Morgan fingerprint density at radius 1 is 1.53 bits per heavy atom. The molecule has 19 heavy (non-hydrogen) atoms. The van der Waals surface area contributed by atoms with Crippen molar-refractivity contribution in [2.45, 2.75) is 32.4 Å². The quantitative estimate of drug-likeness (QED) is 0.626. The van der Waals surface area contributed by atoms with E-state index in [9.17, 15) is 0 Å². The monoisotopic (exact) mass is 319 g/mol. The van der Waals surface area contributed by atoms with Crippen molar-refractivity contribution in [2.75, 3.05) is 6.54 Å². The summed E-state index contributed by atoms with van der Waals surface area (Å²) < 4.78 is 3.24.